The highest BCUT2D eigenvalue weighted by molar-refractivity contribution is 7.09. The average Bonchev–Trinajstić information content (AvgIpc) is 2.89. The van der Waals surface area contributed by atoms with Crippen LogP contribution in [0, 0.1) is 0 Å². The topological polar surface area (TPSA) is 77.2 Å². The molecule has 0 fully saturated rings. The highest BCUT2D eigenvalue weighted by Crippen LogP contribution is 2.20. The van der Waals surface area contributed by atoms with Gasteiger partial charge in [-0.3, -0.25) is 4.79 Å². The molecule has 1 aromatic heterocycles. The van der Waals surface area contributed by atoms with Crippen LogP contribution in [0.15, 0.2) is 29.6 Å². The first-order chi connectivity index (χ1) is 9.60. The standard InChI is InChI=1S/C14H17N3O2S/c1-3-19-11-6-4-5-10(7-11)16-13(18)12-8-20-14(17-12)9(2)15/h4-9H,3,15H2,1-2H3,(H,16,18). The average molecular weight is 291 g/mol. The van der Waals surface area contributed by atoms with Gasteiger partial charge in [0.25, 0.3) is 5.91 Å². The molecule has 0 spiro atoms. The fourth-order valence-electron chi connectivity index (χ4n) is 1.63. The van der Waals surface area contributed by atoms with Gasteiger partial charge in [0.05, 0.1) is 12.6 Å². The summed E-state index contributed by atoms with van der Waals surface area (Å²) in [5, 5.41) is 5.25. The van der Waals surface area contributed by atoms with Crippen LogP contribution < -0.4 is 15.8 Å². The predicted molar refractivity (Wildman–Crippen MR) is 80.3 cm³/mol. The summed E-state index contributed by atoms with van der Waals surface area (Å²) in [5.41, 5.74) is 6.79. The van der Waals surface area contributed by atoms with Crippen molar-refractivity contribution >= 4 is 22.9 Å². The largest absolute Gasteiger partial charge is 0.494 e. The van der Waals surface area contributed by atoms with Crippen molar-refractivity contribution in [1.82, 2.24) is 4.98 Å². The van der Waals surface area contributed by atoms with E-state index < -0.39 is 0 Å². The van der Waals surface area contributed by atoms with Crippen molar-refractivity contribution in [1.29, 1.82) is 0 Å². The van der Waals surface area contributed by atoms with Gasteiger partial charge in [0.2, 0.25) is 0 Å². The molecule has 3 N–H and O–H groups in total. The lowest BCUT2D eigenvalue weighted by Gasteiger charge is -2.06. The number of nitrogens with one attached hydrogen (secondary N) is 1. The molecule has 1 aromatic carbocycles. The Kier molecular flexibility index (Phi) is 4.70. The fourth-order valence-corrected chi connectivity index (χ4v) is 2.38. The molecule has 0 saturated heterocycles. The molecule has 1 amide bonds. The van der Waals surface area contributed by atoms with Crippen LogP contribution in [0.25, 0.3) is 0 Å². The zero-order chi connectivity index (χ0) is 14.5. The number of nitrogens with two attached hydrogens (primary N) is 1. The second kappa shape index (κ2) is 6.49. The molecule has 2 rings (SSSR count). The number of amides is 1. The van der Waals surface area contributed by atoms with Crippen molar-refractivity contribution in [2.75, 3.05) is 11.9 Å². The summed E-state index contributed by atoms with van der Waals surface area (Å²) in [6, 6.07) is 7.09. The van der Waals surface area contributed by atoms with Gasteiger partial charge >= 0.3 is 0 Å². The van der Waals surface area contributed by atoms with Gasteiger partial charge in [0.15, 0.2) is 0 Å². The van der Waals surface area contributed by atoms with Crippen LogP contribution in [0.2, 0.25) is 0 Å². The summed E-state index contributed by atoms with van der Waals surface area (Å²) in [7, 11) is 0. The van der Waals surface area contributed by atoms with Crippen LogP contribution >= 0.6 is 11.3 Å². The number of thiazole rings is 1. The maximum absolute atomic E-state index is 12.1. The van der Waals surface area contributed by atoms with E-state index in [1.54, 1.807) is 17.5 Å². The minimum Gasteiger partial charge on any atom is -0.494 e. The number of carbonyl (C=O) groups excluding carboxylic acids is 1. The summed E-state index contributed by atoms with van der Waals surface area (Å²) < 4.78 is 5.39. The highest BCUT2D eigenvalue weighted by atomic mass is 32.1. The number of ether oxygens (including phenoxy) is 1. The Morgan fingerprint density at radius 2 is 2.35 bits per heavy atom. The monoisotopic (exact) mass is 291 g/mol. The smallest absolute Gasteiger partial charge is 0.275 e. The first kappa shape index (κ1) is 14.5. The van der Waals surface area contributed by atoms with Crippen LogP contribution in [-0.4, -0.2) is 17.5 Å². The Morgan fingerprint density at radius 1 is 1.55 bits per heavy atom. The van der Waals surface area contributed by atoms with Gasteiger partial charge in [-0.25, -0.2) is 4.98 Å². The third-order valence-electron chi connectivity index (χ3n) is 2.55. The number of hydrogen-bond donors (Lipinski definition) is 2. The van der Waals surface area contributed by atoms with Crippen LogP contribution in [0.5, 0.6) is 5.75 Å². The van der Waals surface area contributed by atoms with Gasteiger partial charge < -0.3 is 15.8 Å². The van der Waals surface area contributed by atoms with Crippen LogP contribution in [0.3, 0.4) is 0 Å². The van der Waals surface area contributed by atoms with Gasteiger partial charge in [-0.1, -0.05) is 6.07 Å². The van der Waals surface area contributed by atoms with E-state index in [9.17, 15) is 4.79 Å². The molecule has 0 radical (unpaired) electrons. The second-order valence-electron chi connectivity index (χ2n) is 4.27. The number of nitrogens with zero attached hydrogens (tertiary/aromatic N) is 1. The predicted octanol–water partition coefficient (Wildman–Crippen LogP) is 2.81. The van der Waals surface area contributed by atoms with Gasteiger partial charge in [-0.2, -0.15) is 0 Å². The molecule has 0 saturated carbocycles. The quantitative estimate of drug-likeness (QED) is 0.888. The summed E-state index contributed by atoms with van der Waals surface area (Å²) >= 11 is 1.39. The lowest BCUT2D eigenvalue weighted by molar-refractivity contribution is 0.102. The molecular formula is C14H17N3O2S. The molecule has 1 unspecified atom stereocenters. The zero-order valence-corrected chi connectivity index (χ0v) is 12.2. The molecule has 106 valence electrons. The van der Waals surface area contributed by atoms with Crippen LogP contribution in [-0.2, 0) is 0 Å². The zero-order valence-electron chi connectivity index (χ0n) is 11.4. The van der Waals surface area contributed by atoms with E-state index >= 15 is 0 Å². The normalized spacial score (nSPS) is 11.9. The molecule has 2 aromatic rings. The number of benzene rings is 1. The Bertz CT molecular complexity index is 596. The number of hydrogen-bond acceptors (Lipinski definition) is 5. The molecule has 1 atom stereocenters. The summed E-state index contributed by atoms with van der Waals surface area (Å²) in [4.78, 5) is 16.3. The van der Waals surface area contributed by atoms with E-state index in [1.165, 1.54) is 11.3 Å². The summed E-state index contributed by atoms with van der Waals surface area (Å²) in [6.45, 7) is 4.34. The Hall–Kier alpha value is -1.92. The van der Waals surface area contributed by atoms with Gasteiger partial charge in [-0.15, -0.1) is 11.3 Å². The molecule has 20 heavy (non-hydrogen) atoms. The van der Waals surface area contributed by atoms with Crippen molar-refractivity contribution in [2.24, 2.45) is 5.73 Å². The van der Waals surface area contributed by atoms with Gasteiger partial charge in [0, 0.05) is 17.1 Å². The van der Waals surface area contributed by atoms with Crippen LogP contribution in [0.1, 0.15) is 35.4 Å². The third kappa shape index (κ3) is 3.55. The van der Waals surface area contributed by atoms with Crippen LogP contribution in [0.4, 0.5) is 5.69 Å². The number of anilines is 1. The van der Waals surface area contributed by atoms with E-state index in [1.807, 2.05) is 26.0 Å². The first-order valence-corrected chi connectivity index (χ1v) is 7.23. The fraction of sp³-hybridized carbons (Fsp3) is 0.286. The van der Waals surface area contributed by atoms with Crippen molar-refractivity contribution in [2.45, 2.75) is 19.9 Å². The van der Waals surface area contributed by atoms with Crippen molar-refractivity contribution < 1.29 is 9.53 Å². The minimum absolute atomic E-state index is 0.164. The van der Waals surface area contributed by atoms with Crippen molar-refractivity contribution in [3.8, 4) is 5.75 Å². The molecule has 1 heterocycles. The lowest BCUT2D eigenvalue weighted by atomic mass is 10.3. The Morgan fingerprint density at radius 3 is 3.00 bits per heavy atom. The third-order valence-corrected chi connectivity index (χ3v) is 3.59. The van der Waals surface area contributed by atoms with E-state index in [-0.39, 0.29) is 11.9 Å². The summed E-state index contributed by atoms with van der Waals surface area (Å²) in [6.07, 6.45) is 0. The SMILES string of the molecule is CCOc1cccc(NC(=O)c2csc(C(C)N)n2)c1. The van der Waals surface area contributed by atoms with Gasteiger partial charge in [-0.05, 0) is 26.0 Å². The van der Waals surface area contributed by atoms with E-state index in [4.69, 9.17) is 10.5 Å². The molecular weight excluding hydrogens is 274 g/mol. The van der Waals surface area contributed by atoms with E-state index in [0.29, 0.717) is 18.0 Å². The molecule has 6 heteroatoms. The van der Waals surface area contributed by atoms with Gasteiger partial charge in [0.1, 0.15) is 16.5 Å². The number of rotatable bonds is 5. The molecule has 0 aliphatic rings. The minimum atomic E-state index is -0.248. The van der Waals surface area contributed by atoms with E-state index in [0.717, 1.165) is 10.8 Å². The number of carbonyl (C=O) groups is 1. The summed E-state index contributed by atoms with van der Waals surface area (Å²) in [5.74, 6) is 0.474. The molecule has 5 nitrogen and oxygen atoms in total. The Labute approximate surface area is 121 Å². The number of aromatic nitrogens is 1. The second-order valence-corrected chi connectivity index (χ2v) is 5.16. The maximum atomic E-state index is 12.1. The van der Waals surface area contributed by atoms with Crippen molar-refractivity contribution in [3.63, 3.8) is 0 Å². The molecule has 0 aliphatic carbocycles. The molecule has 0 bridgehead atoms. The maximum Gasteiger partial charge on any atom is 0.275 e. The first-order valence-electron chi connectivity index (χ1n) is 6.35. The Balaban J connectivity index is 2.08. The van der Waals surface area contributed by atoms with E-state index in [2.05, 4.69) is 10.3 Å². The lowest BCUT2D eigenvalue weighted by Crippen LogP contribution is -2.13. The van der Waals surface area contributed by atoms with Crippen molar-refractivity contribution in [3.05, 3.63) is 40.3 Å². The molecule has 0 aliphatic heterocycles. The highest BCUT2D eigenvalue weighted by Gasteiger charge is 2.13.